The second-order valence-corrected chi connectivity index (χ2v) is 4.44. The molecule has 20 heavy (non-hydrogen) atoms. The van der Waals surface area contributed by atoms with E-state index in [1.54, 1.807) is 0 Å². The first-order valence-electron chi connectivity index (χ1n) is 6.06. The molecule has 7 nitrogen and oxygen atoms in total. The van der Waals surface area contributed by atoms with Gasteiger partial charge in [0, 0.05) is 5.69 Å². The van der Waals surface area contributed by atoms with Gasteiger partial charge in [0.15, 0.2) is 5.82 Å². The third-order valence-corrected chi connectivity index (χ3v) is 2.92. The molecule has 102 valence electrons. The van der Waals surface area contributed by atoms with Crippen molar-refractivity contribution in [2.75, 3.05) is 12.4 Å². The number of aromatic nitrogens is 4. The normalized spacial score (nSPS) is 10.8. The van der Waals surface area contributed by atoms with E-state index >= 15 is 0 Å². The number of methoxy groups -OCH3 is 1. The monoisotopic (exact) mass is 271 g/mol. The summed E-state index contributed by atoms with van der Waals surface area (Å²) in [5.41, 5.74) is 3.83. The first kappa shape index (κ1) is 12.3. The topological polar surface area (TPSA) is 86.0 Å². The van der Waals surface area contributed by atoms with Crippen molar-refractivity contribution in [1.29, 1.82) is 0 Å². The van der Waals surface area contributed by atoms with Crippen LogP contribution in [0.1, 0.15) is 11.1 Å². The largest absolute Gasteiger partial charge is 0.478 e. The SMILES string of the molecule is COc1nc2nonc2nc1Nc1cc(C)ccc1C. The Bertz CT molecular complexity index is 769. The van der Waals surface area contributed by atoms with E-state index in [0.29, 0.717) is 23.0 Å². The first-order chi connectivity index (χ1) is 9.67. The van der Waals surface area contributed by atoms with Crippen molar-refractivity contribution in [3.63, 3.8) is 0 Å². The van der Waals surface area contributed by atoms with Gasteiger partial charge >= 0.3 is 0 Å². The minimum absolute atomic E-state index is 0.313. The first-order valence-corrected chi connectivity index (χ1v) is 6.06. The van der Waals surface area contributed by atoms with Crippen LogP contribution in [-0.2, 0) is 0 Å². The van der Waals surface area contributed by atoms with Crippen LogP contribution >= 0.6 is 0 Å². The van der Waals surface area contributed by atoms with E-state index in [0.717, 1.165) is 16.8 Å². The Morgan fingerprint density at radius 3 is 2.60 bits per heavy atom. The zero-order valence-corrected chi connectivity index (χ0v) is 11.3. The molecule has 1 N–H and O–H groups in total. The smallest absolute Gasteiger partial charge is 0.259 e. The quantitative estimate of drug-likeness (QED) is 0.782. The van der Waals surface area contributed by atoms with Gasteiger partial charge < -0.3 is 10.1 Å². The maximum Gasteiger partial charge on any atom is 0.259 e. The van der Waals surface area contributed by atoms with Crippen LogP contribution < -0.4 is 10.1 Å². The number of benzene rings is 1. The molecule has 3 rings (SSSR count). The van der Waals surface area contributed by atoms with Gasteiger partial charge in [-0.2, -0.15) is 9.97 Å². The van der Waals surface area contributed by atoms with Crippen LogP contribution in [0.2, 0.25) is 0 Å². The number of nitrogens with one attached hydrogen (secondary N) is 1. The third-order valence-electron chi connectivity index (χ3n) is 2.92. The fourth-order valence-electron chi connectivity index (χ4n) is 1.84. The molecule has 0 saturated heterocycles. The molecule has 3 aromatic rings. The lowest BCUT2D eigenvalue weighted by molar-refractivity contribution is 0.313. The standard InChI is InChI=1S/C13H13N5O2/c1-7-4-5-8(2)9(6-7)14-12-13(19-3)16-11-10(15-12)17-20-18-11/h4-6H,1-3H3,(H,14,15,17). The highest BCUT2D eigenvalue weighted by Crippen LogP contribution is 2.27. The highest BCUT2D eigenvalue weighted by molar-refractivity contribution is 5.72. The zero-order chi connectivity index (χ0) is 14.1. The number of anilines is 2. The molecule has 0 aliphatic rings. The van der Waals surface area contributed by atoms with Crippen LogP contribution in [0.15, 0.2) is 22.8 Å². The summed E-state index contributed by atoms with van der Waals surface area (Å²) in [4.78, 5) is 8.49. The summed E-state index contributed by atoms with van der Waals surface area (Å²) >= 11 is 0. The summed E-state index contributed by atoms with van der Waals surface area (Å²) in [6.45, 7) is 4.04. The molecular weight excluding hydrogens is 258 g/mol. The van der Waals surface area contributed by atoms with Crippen molar-refractivity contribution < 1.29 is 9.37 Å². The van der Waals surface area contributed by atoms with Crippen LogP contribution in [0.4, 0.5) is 11.5 Å². The minimum atomic E-state index is 0.313. The van der Waals surface area contributed by atoms with Crippen molar-refractivity contribution in [2.45, 2.75) is 13.8 Å². The number of nitrogens with zero attached hydrogens (tertiary/aromatic N) is 4. The number of aryl methyl sites for hydroxylation is 2. The molecule has 7 heteroatoms. The average Bonchev–Trinajstić information content (AvgIpc) is 2.89. The van der Waals surface area contributed by atoms with Crippen molar-refractivity contribution in [3.8, 4) is 5.88 Å². The molecule has 0 amide bonds. The summed E-state index contributed by atoms with van der Waals surface area (Å²) in [6.07, 6.45) is 0. The Hall–Kier alpha value is -2.70. The van der Waals surface area contributed by atoms with Gasteiger partial charge in [0.1, 0.15) is 0 Å². The van der Waals surface area contributed by atoms with Gasteiger partial charge in [0.05, 0.1) is 7.11 Å². The molecule has 0 unspecified atom stereocenters. The van der Waals surface area contributed by atoms with E-state index in [9.17, 15) is 0 Å². The molecular formula is C13H13N5O2. The van der Waals surface area contributed by atoms with Gasteiger partial charge in [0.2, 0.25) is 11.3 Å². The van der Waals surface area contributed by atoms with Gasteiger partial charge in [-0.25, -0.2) is 4.63 Å². The molecule has 0 saturated carbocycles. The minimum Gasteiger partial charge on any atom is -0.478 e. The van der Waals surface area contributed by atoms with Gasteiger partial charge in [-0.15, -0.1) is 0 Å². The Kier molecular flexibility index (Phi) is 2.94. The van der Waals surface area contributed by atoms with Crippen LogP contribution in [0.3, 0.4) is 0 Å². The summed E-state index contributed by atoms with van der Waals surface area (Å²) in [7, 11) is 1.53. The lowest BCUT2D eigenvalue weighted by Gasteiger charge is -2.11. The molecule has 2 aromatic heterocycles. The number of rotatable bonds is 3. The fourth-order valence-corrected chi connectivity index (χ4v) is 1.84. The lowest BCUT2D eigenvalue weighted by atomic mass is 10.1. The number of ether oxygens (including phenoxy) is 1. The Morgan fingerprint density at radius 2 is 1.85 bits per heavy atom. The number of hydrogen-bond acceptors (Lipinski definition) is 7. The predicted molar refractivity (Wildman–Crippen MR) is 73.1 cm³/mol. The van der Waals surface area contributed by atoms with E-state index in [-0.39, 0.29) is 0 Å². The van der Waals surface area contributed by atoms with Crippen molar-refractivity contribution in [1.82, 2.24) is 20.3 Å². The van der Waals surface area contributed by atoms with E-state index in [4.69, 9.17) is 4.74 Å². The summed E-state index contributed by atoms with van der Waals surface area (Å²) in [6, 6.07) is 6.11. The van der Waals surface area contributed by atoms with Crippen molar-refractivity contribution in [3.05, 3.63) is 29.3 Å². The van der Waals surface area contributed by atoms with Crippen LogP contribution in [-0.4, -0.2) is 27.4 Å². The van der Waals surface area contributed by atoms with Crippen LogP contribution in [0.25, 0.3) is 11.3 Å². The molecule has 1 aromatic carbocycles. The molecule has 0 radical (unpaired) electrons. The summed E-state index contributed by atoms with van der Waals surface area (Å²) < 4.78 is 9.82. The predicted octanol–water partition coefficient (Wildman–Crippen LogP) is 2.38. The highest BCUT2D eigenvalue weighted by Gasteiger charge is 2.14. The fraction of sp³-hybridized carbons (Fsp3) is 0.231. The van der Waals surface area contributed by atoms with E-state index < -0.39 is 0 Å². The second-order valence-electron chi connectivity index (χ2n) is 4.44. The Morgan fingerprint density at radius 1 is 1.10 bits per heavy atom. The summed E-state index contributed by atoms with van der Waals surface area (Å²) in [5.74, 6) is 0.818. The van der Waals surface area contributed by atoms with Gasteiger partial charge in [-0.3, -0.25) is 0 Å². The maximum atomic E-state index is 5.22. The van der Waals surface area contributed by atoms with Crippen LogP contribution in [0, 0.1) is 13.8 Å². The molecule has 0 aliphatic carbocycles. The van der Waals surface area contributed by atoms with E-state index in [1.165, 1.54) is 7.11 Å². The molecule has 0 fully saturated rings. The lowest BCUT2D eigenvalue weighted by Crippen LogP contribution is -2.02. The van der Waals surface area contributed by atoms with Crippen molar-refractivity contribution >= 4 is 22.8 Å². The molecule has 0 bridgehead atoms. The van der Waals surface area contributed by atoms with Gasteiger partial charge in [-0.1, -0.05) is 12.1 Å². The average molecular weight is 271 g/mol. The molecule has 0 aliphatic heterocycles. The molecule has 0 spiro atoms. The van der Waals surface area contributed by atoms with Gasteiger partial charge in [0.25, 0.3) is 5.88 Å². The second kappa shape index (κ2) is 4.76. The maximum absolute atomic E-state index is 5.22. The van der Waals surface area contributed by atoms with Crippen LogP contribution in [0.5, 0.6) is 5.88 Å². The van der Waals surface area contributed by atoms with Crippen molar-refractivity contribution in [2.24, 2.45) is 0 Å². The molecule has 0 atom stereocenters. The molecule has 2 heterocycles. The highest BCUT2D eigenvalue weighted by atomic mass is 16.6. The van der Waals surface area contributed by atoms with E-state index in [2.05, 4.69) is 30.2 Å². The Balaban J connectivity index is 2.06. The summed E-state index contributed by atoms with van der Waals surface area (Å²) in [5, 5.41) is 10.5. The Labute approximate surface area is 115 Å². The third kappa shape index (κ3) is 2.13. The van der Waals surface area contributed by atoms with Gasteiger partial charge in [-0.05, 0) is 41.4 Å². The van der Waals surface area contributed by atoms with E-state index in [1.807, 2.05) is 32.0 Å². The zero-order valence-electron chi connectivity index (χ0n) is 11.3. The number of hydrogen-bond donors (Lipinski definition) is 1. The number of fused-ring (bicyclic) bond motifs is 1.